The Hall–Kier alpha value is -3.91. The normalized spacial score (nSPS) is 12.1. The van der Waals surface area contributed by atoms with E-state index in [1.165, 1.54) is 24.3 Å². The molecule has 2 rings (SSSR count). The number of amides is 2. The second-order valence-electron chi connectivity index (χ2n) is 8.69. The molecule has 0 heterocycles. The molecule has 9 nitrogen and oxygen atoms in total. The molecule has 0 fully saturated rings. The molecular weight excluding hydrogens is 499 g/mol. The van der Waals surface area contributed by atoms with Gasteiger partial charge in [0.15, 0.2) is 11.6 Å². The summed E-state index contributed by atoms with van der Waals surface area (Å²) in [5.74, 6) is -1.49. The number of aryl methyl sites for hydroxylation is 1. The van der Waals surface area contributed by atoms with Crippen LogP contribution in [0.3, 0.4) is 0 Å². The summed E-state index contributed by atoms with van der Waals surface area (Å²) in [6.45, 7) is 7.01. The summed E-state index contributed by atoms with van der Waals surface area (Å²) >= 11 is 1.04. The zero-order valence-corrected chi connectivity index (χ0v) is 22.3. The molecule has 0 atom stereocenters. The van der Waals surface area contributed by atoms with Crippen LogP contribution in [-0.4, -0.2) is 47.0 Å². The highest BCUT2D eigenvalue weighted by Gasteiger charge is 2.21. The number of phenolic OH excluding ortho intramolecular Hbond substituents is 1. The molecule has 37 heavy (non-hydrogen) atoms. The molecule has 2 amide bonds. The van der Waals surface area contributed by atoms with Gasteiger partial charge in [0, 0.05) is 12.1 Å². The highest BCUT2D eigenvalue weighted by Crippen LogP contribution is 2.27. The number of benzene rings is 2. The fourth-order valence-corrected chi connectivity index (χ4v) is 3.62. The Bertz CT molecular complexity index is 1280. The second-order valence-corrected chi connectivity index (χ2v) is 9.49. The molecule has 2 aromatic rings. The minimum atomic E-state index is -0.928. The molecule has 196 valence electrons. The Balaban J connectivity index is 2.65. The van der Waals surface area contributed by atoms with Crippen molar-refractivity contribution in [1.29, 1.82) is 5.26 Å². The predicted molar refractivity (Wildman–Crippen MR) is 141 cm³/mol. The van der Waals surface area contributed by atoms with Crippen LogP contribution in [0.5, 0.6) is 5.75 Å². The van der Waals surface area contributed by atoms with Gasteiger partial charge in [0.1, 0.15) is 16.4 Å². The van der Waals surface area contributed by atoms with Gasteiger partial charge in [-0.05, 0) is 74.9 Å². The van der Waals surface area contributed by atoms with Crippen molar-refractivity contribution >= 4 is 40.4 Å². The molecule has 0 aliphatic carbocycles. The number of hydrogen-bond acceptors (Lipinski definition) is 8. The Labute approximate surface area is 219 Å². The molecule has 0 unspecified atom stereocenters. The molecule has 0 bridgehead atoms. The summed E-state index contributed by atoms with van der Waals surface area (Å²) in [7, 11) is 1.16. The number of nitrogens with zero attached hydrogens (tertiary/aromatic N) is 3. The topological polar surface area (TPSA) is 133 Å². The van der Waals surface area contributed by atoms with Gasteiger partial charge in [0.25, 0.3) is 0 Å². The largest absolute Gasteiger partial charge is 0.505 e. The minimum absolute atomic E-state index is 0.0169. The van der Waals surface area contributed by atoms with Crippen LogP contribution in [0.25, 0.3) is 0 Å². The van der Waals surface area contributed by atoms with Crippen LogP contribution in [0, 0.1) is 17.1 Å². The Kier molecular flexibility index (Phi) is 10.2. The number of rotatable bonds is 6. The Morgan fingerprint density at radius 3 is 2.51 bits per heavy atom. The van der Waals surface area contributed by atoms with Crippen LogP contribution in [0.2, 0.25) is 0 Å². The Morgan fingerprint density at radius 2 is 1.95 bits per heavy atom. The van der Waals surface area contributed by atoms with Crippen LogP contribution in [-0.2, 0) is 22.4 Å². The van der Waals surface area contributed by atoms with Gasteiger partial charge < -0.3 is 19.9 Å². The number of carbonyl (C=O) groups excluding carboxylic acids is 2. The quantitative estimate of drug-likeness (QED) is 0.366. The van der Waals surface area contributed by atoms with Gasteiger partial charge in [-0.2, -0.15) is 10.3 Å². The summed E-state index contributed by atoms with van der Waals surface area (Å²) in [6, 6.07) is 9.48. The zero-order valence-electron chi connectivity index (χ0n) is 21.5. The van der Waals surface area contributed by atoms with Gasteiger partial charge in [-0.15, -0.1) is 11.8 Å². The number of methoxy groups -OCH3 is 1. The van der Waals surface area contributed by atoms with Gasteiger partial charge in [0.05, 0.1) is 24.4 Å². The SMILES string of the molecule is CCc1cc(O)c(F)c(C(=Nc2ccc(C#N)c(CNC(=O)OC(C)(C)C)c2)C(=NC(=O)OC)SC)c1. The fourth-order valence-electron chi connectivity index (χ4n) is 3.11. The van der Waals surface area contributed by atoms with E-state index in [0.717, 1.165) is 18.9 Å². The van der Waals surface area contributed by atoms with Crippen molar-refractivity contribution in [3.8, 4) is 11.8 Å². The summed E-state index contributed by atoms with van der Waals surface area (Å²) in [4.78, 5) is 32.4. The van der Waals surface area contributed by atoms with E-state index in [1.54, 1.807) is 33.1 Å². The minimum Gasteiger partial charge on any atom is -0.505 e. The maximum Gasteiger partial charge on any atom is 0.434 e. The molecule has 0 saturated carbocycles. The molecule has 0 aliphatic rings. The van der Waals surface area contributed by atoms with E-state index in [1.807, 2.05) is 6.92 Å². The molecule has 2 aromatic carbocycles. The van der Waals surface area contributed by atoms with Crippen molar-refractivity contribution in [2.75, 3.05) is 13.4 Å². The predicted octanol–water partition coefficient (Wildman–Crippen LogP) is 5.64. The molecule has 11 heteroatoms. The van der Waals surface area contributed by atoms with Crippen molar-refractivity contribution in [1.82, 2.24) is 5.32 Å². The van der Waals surface area contributed by atoms with E-state index < -0.39 is 29.4 Å². The van der Waals surface area contributed by atoms with E-state index in [-0.39, 0.29) is 22.9 Å². The third-order valence-electron chi connectivity index (χ3n) is 4.81. The summed E-state index contributed by atoms with van der Waals surface area (Å²) in [5.41, 5.74) is 0.892. The van der Waals surface area contributed by atoms with Crippen molar-refractivity contribution in [3.63, 3.8) is 0 Å². The van der Waals surface area contributed by atoms with E-state index in [0.29, 0.717) is 28.8 Å². The third kappa shape index (κ3) is 8.32. The lowest BCUT2D eigenvalue weighted by atomic mass is 10.0. The second kappa shape index (κ2) is 12.9. The van der Waals surface area contributed by atoms with Gasteiger partial charge in [-0.3, -0.25) is 0 Å². The third-order valence-corrected chi connectivity index (χ3v) is 5.48. The monoisotopic (exact) mass is 528 g/mol. The highest BCUT2D eigenvalue weighted by molar-refractivity contribution is 8.15. The lowest BCUT2D eigenvalue weighted by molar-refractivity contribution is 0.0523. The first kappa shape index (κ1) is 29.3. The lowest BCUT2D eigenvalue weighted by Gasteiger charge is -2.19. The number of carbonyl (C=O) groups is 2. The number of hydrogen-bond donors (Lipinski definition) is 2. The molecule has 0 saturated heterocycles. The lowest BCUT2D eigenvalue weighted by Crippen LogP contribution is -2.32. The average molecular weight is 529 g/mol. The number of nitriles is 1. The van der Waals surface area contributed by atoms with E-state index in [9.17, 15) is 20.0 Å². The van der Waals surface area contributed by atoms with Gasteiger partial charge >= 0.3 is 12.2 Å². The first-order valence-corrected chi connectivity index (χ1v) is 12.5. The summed E-state index contributed by atoms with van der Waals surface area (Å²) in [6.07, 6.45) is 0.576. The highest BCUT2D eigenvalue weighted by atomic mass is 32.2. The average Bonchev–Trinajstić information content (AvgIpc) is 2.85. The van der Waals surface area contributed by atoms with Crippen LogP contribution >= 0.6 is 11.8 Å². The standard InChI is InChI=1S/C26H29FN4O5S/c1-7-15-10-19(21(27)20(32)11-15)22(23(37-6)31-25(34)35-5)30-18-9-8-16(13-28)17(12-18)14-29-24(33)36-26(2,3)4/h8-12,32H,7,14H2,1-6H3,(H,29,33). The smallest absolute Gasteiger partial charge is 0.434 e. The van der Waals surface area contributed by atoms with Crippen molar-refractivity contribution in [3.05, 3.63) is 58.4 Å². The number of ether oxygens (including phenoxy) is 2. The molecule has 2 N–H and O–H groups in total. The number of aliphatic imine (C=N–C) groups is 2. The Morgan fingerprint density at radius 1 is 1.24 bits per heavy atom. The fraction of sp³-hybridized carbons (Fsp3) is 0.346. The maximum atomic E-state index is 15.1. The van der Waals surface area contributed by atoms with E-state index in [2.05, 4.69) is 26.1 Å². The zero-order chi connectivity index (χ0) is 27.8. The number of alkyl carbamates (subject to hydrolysis) is 1. The number of nitrogens with one attached hydrogen (secondary N) is 1. The molecule has 0 spiro atoms. The summed E-state index contributed by atoms with van der Waals surface area (Å²) < 4.78 is 25.0. The molecular formula is C26H29FN4O5S. The van der Waals surface area contributed by atoms with Gasteiger partial charge in [0.2, 0.25) is 0 Å². The number of halogens is 1. The van der Waals surface area contributed by atoms with Crippen LogP contribution < -0.4 is 5.32 Å². The van der Waals surface area contributed by atoms with Crippen molar-refractivity contribution < 1.29 is 28.6 Å². The van der Waals surface area contributed by atoms with Crippen LogP contribution in [0.15, 0.2) is 40.3 Å². The van der Waals surface area contributed by atoms with Gasteiger partial charge in [-0.25, -0.2) is 19.0 Å². The summed E-state index contributed by atoms with van der Waals surface area (Å²) in [5, 5.41) is 22.3. The molecule has 0 radical (unpaired) electrons. The number of phenols is 1. The first-order chi connectivity index (χ1) is 17.4. The van der Waals surface area contributed by atoms with Crippen molar-refractivity contribution in [2.45, 2.75) is 46.3 Å². The van der Waals surface area contributed by atoms with Crippen LogP contribution in [0.4, 0.5) is 19.7 Å². The van der Waals surface area contributed by atoms with Crippen LogP contribution in [0.1, 0.15) is 49.9 Å². The van der Waals surface area contributed by atoms with Gasteiger partial charge in [-0.1, -0.05) is 6.92 Å². The first-order valence-electron chi connectivity index (χ1n) is 11.2. The number of aromatic hydroxyl groups is 1. The van der Waals surface area contributed by atoms with Crippen molar-refractivity contribution in [2.24, 2.45) is 9.98 Å². The van der Waals surface area contributed by atoms with E-state index >= 15 is 4.39 Å². The number of thioether (sulfide) groups is 1. The molecule has 0 aliphatic heterocycles. The molecule has 0 aromatic heterocycles. The maximum absolute atomic E-state index is 15.1. The van der Waals surface area contributed by atoms with E-state index in [4.69, 9.17) is 4.74 Å².